The monoisotopic (exact) mass is 282 g/mol. The Hall–Kier alpha value is -1.03. The summed E-state index contributed by atoms with van der Waals surface area (Å²) in [6.07, 6.45) is 1.79. The molecule has 0 aliphatic heterocycles. The van der Waals surface area contributed by atoms with Gasteiger partial charge in [-0.2, -0.15) is 0 Å². The van der Waals surface area contributed by atoms with Crippen molar-refractivity contribution >= 4 is 26.8 Å². The van der Waals surface area contributed by atoms with E-state index in [0.717, 1.165) is 28.7 Å². The molecule has 0 radical (unpaired) electrons. The molecule has 1 heterocycles. The van der Waals surface area contributed by atoms with Crippen molar-refractivity contribution in [1.82, 2.24) is 9.97 Å². The van der Waals surface area contributed by atoms with Gasteiger partial charge in [-0.3, -0.25) is 0 Å². The summed E-state index contributed by atoms with van der Waals surface area (Å²) < 4.78 is 14.2. The van der Waals surface area contributed by atoms with Crippen LogP contribution in [-0.4, -0.2) is 9.97 Å². The number of hydrogen-bond donors (Lipinski definition) is 0. The molecule has 0 amide bonds. The third-order valence-electron chi connectivity index (χ3n) is 2.45. The fourth-order valence-corrected chi connectivity index (χ4v) is 2.12. The third kappa shape index (κ3) is 2.07. The lowest BCUT2D eigenvalue weighted by molar-refractivity contribution is 0.620. The number of rotatable bonds is 2. The molecule has 1 aromatic carbocycles. The molecule has 0 N–H and O–H groups in total. The topological polar surface area (TPSA) is 25.8 Å². The van der Waals surface area contributed by atoms with E-state index in [1.807, 2.05) is 0 Å². The standard InChI is InChI=1S/C12H12BrFN2/c1-3-4-11-15-10-6-9(14)7(2)5-8(10)12(13)16-11/h5-6H,3-4H2,1-2H3. The van der Waals surface area contributed by atoms with Crippen LogP contribution in [0.3, 0.4) is 0 Å². The molecular weight excluding hydrogens is 271 g/mol. The van der Waals surface area contributed by atoms with Gasteiger partial charge in [-0.1, -0.05) is 6.92 Å². The number of halogens is 2. The maximum Gasteiger partial charge on any atom is 0.130 e. The summed E-state index contributed by atoms with van der Waals surface area (Å²) in [4.78, 5) is 8.69. The first-order valence-corrected chi connectivity index (χ1v) is 6.03. The van der Waals surface area contributed by atoms with E-state index in [1.54, 1.807) is 13.0 Å². The van der Waals surface area contributed by atoms with Gasteiger partial charge in [0.05, 0.1) is 5.52 Å². The number of aromatic nitrogens is 2. The SMILES string of the molecule is CCCc1nc(Br)c2cc(C)c(F)cc2n1. The second kappa shape index (κ2) is 4.45. The Bertz CT molecular complexity index is 540. The van der Waals surface area contributed by atoms with Gasteiger partial charge in [-0.25, -0.2) is 14.4 Å². The Morgan fingerprint density at radius 2 is 2.06 bits per heavy atom. The van der Waals surface area contributed by atoms with Crippen LogP contribution in [0.15, 0.2) is 16.7 Å². The second-order valence-corrected chi connectivity index (χ2v) is 4.55. The van der Waals surface area contributed by atoms with Crippen molar-refractivity contribution < 1.29 is 4.39 Å². The highest BCUT2D eigenvalue weighted by Gasteiger charge is 2.08. The van der Waals surface area contributed by atoms with Gasteiger partial charge in [0.25, 0.3) is 0 Å². The number of hydrogen-bond acceptors (Lipinski definition) is 2. The lowest BCUT2D eigenvalue weighted by Crippen LogP contribution is -1.97. The fraction of sp³-hybridized carbons (Fsp3) is 0.333. The summed E-state index contributed by atoms with van der Waals surface area (Å²) in [5, 5.41) is 0.860. The molecule has 2 aromatic rings. The van der Waals surface area contributed by atoms with Crippen LogP contribution in [0.1, 0.15) is 24.7 Å². The molecule has 2 rings (SSSR count). The van der Waals surface area contributed by atoms with E-state index in [2.05, 4.69) is 32.8 Å². The molecule has 0 saturated heterocycles. The van der Waals surface area contributed by atoms with Crippen LogP contribution in [0.4, 0.5) is 4.39 Å². The molecule has 0 unspecified atom stereocenters. The van der Waals surface area contributed by atoms with Crippen LogP contribution in [0.5, 0.6) is 0 Å². The number of fused-ring (bicyclic) bond motifs is 1. The van der Waals surface area contributed by atoms with E-state index in [4.69, 9.17) is 0 Å². The van der Waals surface area contributed by atoms with Crippen molar-refractivity contribution in [2.45, 2.75) is 26.7 Å². The Morgan fingerprint density at radius 1 is 1.31 bits per heavy atom. The molecule has 0 aliphatic carbocycles. The van der Waals surface area contributed by atoms with E-state index >= 15 is 0 Å². The van der Waals surface area contributed by atoms with E-state index in [0.29, 0.717) is 11.1 Å². The molecule has 0 saturated carbocycles. The predicted molar refractivity (Wildman–Crippen MR) is 65.9 cm³/mol. The summed E-state index contributed by atoms with van der Waals surface area (Å²) in [6.45, 7) is 3.80. The van der Waals surface area contributed by atoms with E-state index in [1.165, 1.54) is 6.07 Å². The van der Waals surface area contributed by atoms with Crippen LogP contribution in [0.2, 0.25) is 0 Å². The zero-order valence-corrected chi connectivity index (χ0v) is 10.8. The lowest BCUT2D eigenvalue weighted by Gasteiger charge is -2.05. The summed E-state index contributed by atoms with van der Waals surface area (Å²) in [5.74, 6) is 0.533. The van der Waals surface area contributed by atoms with Crippen LogP contribution in [-0.2, 0) is 6.42 Å². The largest absolute Gasteiger partial charge is 0.233 e. The van der Waals surface area contributed by atoms with Gasteiger partial charge in [0.2, 0.25) is 0 Å². The molecule has 0 spiro atoms. The molecule has 16 heavy (non-hydrogen) atoms. The molecular formula is C12H12BrFN2. The average Bonchev–Trinajstić information content (AvgIpc) is 2.22. The minimum Gasteiger partial charge on any atom is -0.233 e. The Balaban J connectivity index is 2.67. The van der Waals surface area contributed by atoms with Crippen molar-refractivity contribution in [2.24, 2.45) is 0 Å². The van der Waals surface area contributed by atoms with Gasteiger partial charge in [0, 0.05) is 17.9 Å². The van der Waals surface area contributed by atoms with Crippen molar-refractivity contribution in [3.63, 3.8) is 0 Å². The molecule has 0 fully saturated rings. The molecule has 0 bridgehead atoms. The number of benzene rings is 1. The highest BCUT2D eigenvalue weighted by molar-refractivity contribution is 9.10. The van der Waals surface area contributed by atoms with Crippen molar-refractivity contribution in [2.75, 3.05) is 0 Å². The maximum absolute atomic E-state index is 13.4. The van der Waals surface area contributed by atoms with E-state index in [9.17, 15) is 4.39 Å². The first-order valence-electron chi connectivity index (χ1n) is 5.24. The smallest absolute Gasteiger partial charge is 0.130 e. The minimum atomic E-state index is -0.222. The summed E-state index contributed by atoms with van der Waals surface area (Å²) >= 11 is 3.40. The van der Waals surface area contributed by atoms with E-state index in [-0.39, 0.29) is 5.82 Å². The molecule has 0 atom stereocenters. The molecule has 0 aliphatic rings. The lowest BCUT2D eigenvalue weighted by atomic mass is 10.1. The van der Waals surface area contributed by atoms with Crippen LogP contribution in [0.25, 0.3) is 10.9 Å². The Kier molecular flexibility index (Phi) is 3.19. The summed E-state index contributed by atoms with van der Waals surface area (Å²) in [5.41, 5.74) is 1.27. The van der Waals surface area contributed by atoms with E-state index < -0.39 is 0 Å². The number of nitrogens with zero attached hydrogens (tertiary/aromatic N) is 2. The predicted octanol–water partition coefficient (Wildman–Crippen LogP) is 3.79. The first-order chi connectivity index (χ1) is 7.61. The number of aryl methyl sites for hydroxylation is 2. The average molecular weight is 283 g/mol. The van der Waals surface area contributed by atoms with Crippen molar-refractivity contribution in [1.29, 1.82) is 0 Å². The highest BCUT2D eigenvalue weighted by Crippen LogP contribution is 2.24. The van der Waals surface area contributed by atoms with Gasteiger partial charge in [0.15, 0.2) is 0 Å². The Labute approximate surface area is 102 Å². The molecule has 1 aromatic heterocycles. The van der Waals surface area contributed by atoms with Crippen LogP contribution >= 0.6 is 15.9 Å². The van der Waals surface area contributed by atoms with Crippen LogP contribution in [0, 0.1) is 12.7 Å². The second-order valence-electron chi connectivity index (χ2n) is 3.80. The minimum absolute atomic E-state index is 0.222. The van der Waals surface area contributed by atoms with Gasteiger partial charge in [-0.15, -0.1) is 0 Å². The molecule has 2 nitrogen and oxygen atoms in total. The third-order valence-corrected chi connectivity index (χ3v) is 3.05. The summed E-state index contributed by atoms with van der Waals surface area (Å²) in [7, 11) is 0. The highest BCUT2D eigenvalue weighted by atomic mass is 79.9. The van der Waals surface area contributed by atoms with Gasteiger partial charge in [0.1, 0.15) is 16.2 Å². The van der Waals surface area contributed by atoms with Crippen molar-refractivity contribution in [3.8, 4) is 0 Å². The van der Waals surface area contributed by atoms with Crippen LogP contribution < -0.4 is 0 Å². The van der Waals surface area contributed by atoms with Gasteiger partial charge >= 0.3 is 0 Å². The zero-order valence-electron chi connectivity index (χ0n) is 9.22. The molecule has 84 valence electrons. The van der Waals surface area contributed by atoms with Gasteiger partial charge in [-0.05, 0) is 40.9 Å². The normalized spacial score (nSPS) is 11.0. The van der Waals surface area contributed by atoms with Crippen molar-refractivity contribution in [3.05, 3.63) is 33.9 Å². The first kappa shape index (κ1) is 11.5. The maximum atomic E-state index is 13.4. The zero-order chi connectivity index (χ0) is 11.7. The molecule has 4 heteroatoms. The van der Waals surface area contributed by atoms with Gasteiger partial charge < -0.3 is 0 Å². The Morgan fingerprint density at radius 3 is 2.75 bits per heavy atom. The summed E-state index contributed by atoms with van der Waals surface area (Å²) in [6, 6.07) is 3.24. The fourth-order valence-electron chi connectivity index (χ4n) is 1.60. The quantitative estimate of drug-likeness (QED) is 0.783.